The number of hydrogen-bond acceptors (Lipinski definition) is 4. The molecule has 0 aromatic carbocycles. The van der Waals surface area contributed by atoms with Gasteiger partial charge in [0.25, 0.3) is 0 Å². The summed E-state index contributed by atoms with van der Waals surface area (Å²) in [5.74, 6) is 0.336. The third-order valence-electron chi connectivity index (χ3n) is 1.95. The normalized spacial score (nSPS) is 19.0. The molecule has 0 saturated carbocycles. The summed E-state index contributed by atoms with van der Waals surface area (Å²) in [6.45, 7) is 2.15. The highest BCUT2D eigenvalue weighted by Gasteiger charge is 2.16. The van der Waals surface area contributed by atoms with E-state index < -0.39 is 0 Å². The van der Waals surface area contributed by atoms with E-state index in [4.69, 9.17) is 0 Å². The molecule has 0 atom stereocenters. The van der Waals surface area contributed by atoms with Crippen LogP contribution in [0.3, 0.4) is 0 Å². The zero-order valence-corrected chi connectivity index (χ0v) is 9.47. The Morgan fingerprint density at radius 1 is 1.38 bits per heavy atom. The summed E-state index contributed by atoms with van der Waals surface area (Å²) in [4.78, 5) is 10.3. The van der Waals surface area contributed by atoms with Gasteiger partial charge < -0.3 is 9.53 Å². The van der Waals surface area contributed by atoms with Gasteiger partial charge >= 0.3 is 0 Å². The fourth-order valence-corrected chi connectivity index (χ4v) is 1.77. The SMILES string of the molecule is COC.CSN1CCC(C=O)CC1. The summed E-state index contributed by atoms with van der Waals surface area (Å²) in [7, 11) is 3.25. The quantitative estimate of drug-likeness (QED) is 0.504. The van der Waals surface area contributed by atoms with Gasteiger partial charge in [-0.1, -0.05) is 11.9 Å². The maximum atomic E-state index is 10.3. The molecule has 1 rings (SSSR count). The van der Waals surface area contributed by atoms with Crippen molar-refractivity contribution in [2.45, 2.75) is 12.8 Å². The Labute approximate surface area is 85.0 Å². The van der Waals surface area contributed by atoms with Gasteiger partial charge in [-0.05, 0) is 19.1 Å². The molecule has 4 heteroatoms. The molecule has 13 heavy (non-hydrogen) atoms. The number of ether oxygens (including phenoxy) is 1. The molecular formula is C9H19NO2S. The van der Waals surface area contributed by atoms with Gasteiger partial charge in [0.05, 0.1) is 0 Å². The summed E-state index contributed by atoms with van der Waals surface area (Å²) >= 11 is 1.78. The van der Waals surface area contributed by atoms with Crippen molar-refractivity contribution in [3.8, 4) is 0 Å². The number of piperidine rings is 1. The fraction of sp³-hybridized carbons (Fsp3) is 0.889. The molecule has 0 amide bonds. The molecule has 0 bridgehead atoms. The number of methoxy groups -OCH3 is 1. The lowest BCUT2D eigenvalue weighted by atomic mass is 10.0. The molecule has 1 fully saturated rings. The van der Waals surface area contributed by atoms with E-state index in [1.165, 1.54) is 0 Å². The number of rotatable bonds is 2. The van der Waals surface area contributed by atoms with Crippen LogP contribution in [0, 0.1) is 5.92 Å². The second-order valence-corrected chi connectivity index (χ2v) is 3.87. The second kappa shape index (κ2) is 8.53. The molecule has 0 aromatic rings. The first-order chi connectivity index (χ1) is 6.28. The lowest BCUT2D eigenvalue weighted by molar-refractivity contribution is -0.112. The predicted molar refractivity (Wildman–Crippen MR) is 56.8 cm³/mol. The van der Waals surface area contributed by atoms with Crippen molar-refractivity contribution in [3.63, 3.8) is 0 Å². The van der Waals surface area contributed by atoms with E-state index in [0.29, 0.717) is 5.92 Å². The first-order valence-electron chi connectivity index (χ1n) is 4.43. The van der Waals surface area contributed by atoms with Gasteiger partial charge in [0.2, 0.25) is 0 Å². The molecule has 1 heterocycles. The molecule has 1 aliphatic heterocycles. The summed E-state index contributed by atoms with van der Waals surface area (Å²) in [5.41, 5.74) is 0. The molecule has 1 aliphatic rings. The topological polar surface area (TPSA) is 29.5 Å². The van der Waals surface area contributed by atoms with Crippen LogP contribution in [0.2, 0.25) is 0 Å². The Kier molecular flexibility index (Phi) is 8.49. The third kappa shape index (κ3) is 6.07. The second-order valence-electron chi connectivity index (χ2n) is 2.99. The van der Waals surface area contributed by atoms with E-state index in [9.17, 15) is 4.79 Å². The first kappa shape index (κ1) is 12.9. The molecule has 0 N–H and O–H groups in total. The van der Waals surface area contributed by atoms with Crippen LogP contribution in [0.1, 0.15) is 12.8 Å². The Balaban J connectivity index is 0.000000424. The van der Waals surface area contributed by atoms with Gasteiger partial charge in [-0.2, -0.15) is 0 Å². The number of carbonyl (C=O) groups excluding carboxylic acids is 1. The Bertz CT molecular complexity index is 125. The standard InChI is InChI=1S/C7H13NOS.C2H6O/c1-10-8-4-2-7(6-9)3-5-8;1-3-2/h6-7H,2-5H2,1H3;1-2H3. The lowest BCUT2D eigenvalue weighted by Gasteiger charge is -2.26. The molecule has 0 unspecified atom stereocenters. The monoisotopic (exact) mass is 205 g/mol. The molecular weight excluding hydrogens is 186 g/mol. The first-order valence-corrected chi connectivity index (χ1v) is 5.61. The van der Waals surface area contributed by atoms with Crippen LogP contribution < -0.4 is 0 Å². The van der Waals surface area contributed by atoms with Crippen LogP contribution in [0.4, 0.5) is 0 Å². The Hall–Kier alpha value is -0.0600. The molecule has 78 valence electrons. The molecule has 0 radical (unpaired) electrons. The van der Waals surface area contributed by atoms with E-state index in [0.717, 1.165) is 32.2 Å². The van der Waals surface area contributed by atoms with Gasteiger partial charge in [-0.15, -0.1) is 0 Å². The van der Waals surface area contributed by atoms with Crippen LogP contribution in [-0.4, -0.2) is 44.2 Å². The number of aldehydes is 1. The third-order valence-corrected chi connectivity index (χ3v) is 2.83. The number of carbonyl (C=O) groups is 1. The highest BCUT2D eigenvalue weighted by molar-refractivity contribution is 7.96. The fourth-order valence-electron chi connectivity index (χ4n) is 1.19. The van der Waals surface area contributed by atoms with Crippen LogP contribution in [0.5, 0.6) is 0 Å². The minimum absolute atomic E-state index is 0.336. The average molecular weight is 205 g/mol. The van der Waals surface area contributed by atoms with Gasteiger partial charge in [-0.25, -0.2) is 0 Å². The van der Waals surface area contributed by atoms with E-state index >= 15 is 0 Å². The summed E-state index contributed by atoms with van der Waals surface area (Å²) in [5, 5.41) is 0. The Morgan fingerprint density at radius 3 is 2.15 bits per heavy atom. The van der Waals surface area contributed by atoms with E-state index in [-0.39, 0.29) is 0 Å². The van der Waals surface area contributed by atoms with Crippen molar-refractivity contribution < 1.29 is 9.53 Å². The predicted octanol–water partition coefficient (Wildman–Crippen LogP) is 1.44. The van der Waals surface area contributed by atoms with Crippen LogP contribution in [0.25, 0.3) is 0 Å². The van der Waals surface area contributed by atoms with Crippen LogP contribution in [0.15, 0.2) is 0 Å². The molecule has 0 spiro atoms. The van der Waals surface area contributed by atoms with Crippen molar-refractivity contribution in [1.82, 2.24) is 4.31 Å². The summed E-state index contributed by atoms with van der Waals surface area (Å²) < 4.78 is 6.56. The maximum Gasteiger partial charge on any atom is 0.123 e. The van der Waals surface area contributed by atoms with Gasteiger partial charge in [0.1, 0.15) is 6.29 Å². The summed E-state index contributed by atoms with van der Waals surface area (Å²) in [6.07, 6.45) is 5.27. The zero-order chi connectivity index (χ0) is 10.1. The van der Waals surface area contributed by atoms with E-state index in [1.54, 1.807) is 26.2 Å². The van der Waals surface area contributed by atoms with E-state index in [2.05, 4.69) is 15.3 Å². The molecule has 1 saturated heterocycles. The van der Waals surface area contributed by atoms with Crippen LogP contribution in [-0.2, 0) is 9.53 Å². The zero-order valence-electron chi connectivity index (χ0n) is 8.66. The largest absolute Gasteiger partial charge is 0.388 e. The van der Waals surface area contributed by atoms with Crippen molar-refractivity contribution in [2.75, 3.05) is 33.6 Å². The van der Waals surface area contributed by atoms with Crippen molar-refractivity contribution in [1.29, 1.82) is 0 Å². The minimum atomic E-state index is 0.336. The Morgan fingerprint density at radius 2 is 1.85 bits per heavy atom. The van der Waals surface area contributed by atoms with Gasteiger partial charge in [0, 0.05) is 33.2 Å². The lowest BCUT2D eigenvalue weighted by Crippen LogP contribution is -2.28. The summed E-state index contributed by atoms with van der Waals surface area (Å²) in [6, 6.07) is 0. The van der Waals surface area contributed by atoms with Gasteiger partial charge in [0.15, 0.2) is 0 Å². The smallest absolute Gasteiger partial charge is 0.123 e. The highest BCUT2D eigenvalue weighted by Crippen LogP contribution is 2.19. The highest BCUT2D eigenvalue weighted by atomic mass is 32.2. The van der Waals surface area contributed by atoms with Gasteiger partial charge in [-0.3, -0.25) is 4.31 Å². The number of nitrogens with zero attached hydrogens (tertiary/aromatic N) is 1. The van der Waals surface area contributed by atoms with Crippen LogP contribution >= 0.6 is 11.9 Å². The molecule has 0 aromatic heterocycles. The van der Waals surface area contributed by atoms with E-state index in [1.807, 2.05) is 0 Å². The molecule has 3 nitrogen and oxygen atoms in total. The van der Waals surface area contributed by atoms with Crippen molar-refractivity contribution >= 4 is 18.2 Å². The maximum absolute atomic E-state index is 10.3. The molecule has 0 aliphatic carbocycles. The van der Waals surface area contributed by atoms with Crippen molar-refractivity contribution in [3.05, 3.63) is 0 Å². The van der Waals surface area contributed by atoms with Crippen molar-refractivity contribution in [2.24, 2.45) is 5.92 Å². The average Bonchev–Trinajstić information content (AvgIpc) is 2.19. The number of hydrogen-bond donors (Lipinski definition) is 0. The minimum Gasteiger partial charge on any atom is -0.388 e.